The van der Waals surface area contributed by atoms with Gasteiger partial charge in [-0.2, -0.15) is 0 Å². The van der Waals surface area contributed by atoms with E-state index in [9.17, 15) is 4.79 Å². The zero-order valence-corrected chi connectivity index (χ0v) is 16.2. The van der Waals surface area contributed by atoms with E-state index in [0.717, 1.165) is 46.7 Å². The van der Waals surface area contributed by atoms with E-state index < -0.39 is 0 Å². The third-order valence-electron chi connectivity index (χ3n) is 5.89. The van der Waals surface area contributed by atoms with Crippen LogP contribution in [0.3, 0.4) is 0 Å². The molecule has 0 amide bonds. The van der Waals surface area contributed by atoms with E-state index in [-0.39, 0.29) is 11.5 Å². The van der Waals surface area contributed by atoms with Gasteiger partial charge in [-0.25, -0.2) is 9.78 Å². The first-order valence-corrected chi connectivity index (χ1v) is 10.1. The molecule has 6 rings (SSSR count). The van der Waals surface area contributed by atoms with Crippen LogP contribution < -0.4 is 10.5 Å². The molecule has 5 nitrogen and oxygen atoms in total. The van der Waals surface area contributed by atoms with Crippen LogP contribution in [0, 0.1) is 0 Å². The van der Waals surface area contributed by atoms with Crippen molar-refractivity contribution in [3.05, 3.63) is 107 Å². The summed E-state index contributed by atoms with van der Waals surface area (Å²) in [6, 6.07) is 27.9. The smallest absolute Gasteiger partial charge is 0.336 e. The molecule has 0 bridgehead atoms. The number of imidazole rings is 1. The van der Waals surface area contributed by atoms with Crippen molar-refractivity contribution in [2.24, 2.45) is 0 Å². The maximum Gasteiger partial charge on any atom is 0.336 e. The molecule has 0 saturated heterocycles. The third-order valence-corrected chi connectivity index (χ3v) is 5.89. The summed E-state index contributed by atoms with van der Waals surface area (Å²) >= 11 is 0. The fraction of sp³-hybridized carbons (Fsp3) is 0.120. The Morgan fingerprint density at radius 1 is 0.900 bits per heavy atom. The fourth-order valence-electron chi connectivity index (χ4n) is 4.53. The van der Waals surface area contributed by atoms with Crippen LogP contribution in [-0.2, 0) is 6.67 Å². The minimum absolute atomic E-state index is 0.0552. The highest BCUT2D eigenvalue weighted by molar-refractivity contribution is 5.82. The van der Waals surface area contributed by atoms with Crippen LogP contribution in [0.2, 0.25) is 0 Å². The number of nitrogens with zero attached hydrogens (tertiary/aromatic N) is 3. The predicted molar refractivity (Wildman–Crippen MR) is 118 cm³/mol. The summed E-state index contributed by atoms with van der Waals surface area (Å²) in [7, 11) is 0. The second-order valence-electron chi connectivity index (χ2n) is 7.66. The lowest BCUT2D eigenvalue weighted by Crippen LogP contribution is -2.38. The molecule has 3 aromatic carbocycles. The monoisotopic (exact) mass is 393 g/mol. The van der Waals surface area contributed by atoms with Gasteiger partial charge in [0.05, 0.1) is 23.6 Å². The summed E-state index contributed by atoms with van der Waals surface area (Å²) < 4.78 is 7.72. The molecule has 0 radical (unpaired) electrons. The van der Waals surface area contributed by atoms with Crippen LogP contribution in [0.15, 0.2) is 94.1 Å². The molecule has 5 heteroatoms. The fourth-order valence-corrected chi connectivity index (χ4v) is 4.53. The van der Waals surface area contributed by atoms with E-state index in [1.54, 1.807) is 6.07 Å². The van der Waals surface area contributed by atoms with Crippen molar-refractivity contribution in [2.75, 3.05) is 11.4 Å². The Labute approximate surface area is 172 Å². The topological polar surface area (TPSA) is 51.3 Å². The minimum Gasteiger partial charge on any atom is -0.423 e. The van der Waals surface area contributed by atoms with E-state index in [4.69, 9.17) is 9.40 Å². The van der Waals surface area contributed by atoms with Gasteiger partial charge in [-0.05, 0) is 35.9 Å². The molecule has 3 heterocycles. The standard InChI is InChI=1S/C25H19N3O2/c29-24-14-19(18-10-4-7-13-23(18)30-24)20-15-27(17-8-2-1-3-9-17)16-28-22-12-6-5-11-21(22)26-25(20)28/h1-14,20H,15-16H2. The molecular weight excluding hydrogens is 374 g/mol. The molecule has 2 aromatic heterocycles. The molecule has 30 heavy (non-hydrogen) atoms. The second kappa shape index (κ2) is 6.59. The van der Waals surface area contributed by atoms with Gasteiger partial charge < -0.3 is 13.9 Å². The zero-order chi connectivity index (χ0) is 20.1. The van der Waals surface area contributed by atoms with Gasteiger partial charge in [0.15, 0.2) is 0 Å². The number of benzene rings is 3. The summed E-state index contributed by atoms with van der Waals surface area (Å²) in [6.45, 7) is 1.45. The van der Waals surface area contributed by atoms with E-state index >= 15 is 0 Å². The number of hydrogen-bond acceptors (Lipinski definition) is 4. The third kappa shape index (κ3) is 2.63. The Hall–Kier alpha value is -3.86. The number of rotatable bonds is 2. The molecule has 1 aliphatic rings. The van der Waals surface area contributed by atoms with Crippen LogP contribution in [0.1, 0.15) is 17.3 Å². The summed E-state index contributed by atoms with van der Waals surface area (Å²) in [4.78, 5) is 19.7. The van der Waals surface area contributed by atoms with Gasteiger partial charge in [0.1, 0.15) is 11.4 Å². The highest BCUT2D eigenvalue weighted by Gasteiger charge is 2.31. The summed E-state index contributed by atoms with van der Waals surface area (Å²) in [5.74, 6) is 0.930. The minimum atomic E-state index is -0.330. The van der Waals surface area contributed by atoms with E-state index in [0.29, 0.717) is 5.58 Å². The van der Waals surface area contributed by atoms with Gasteiger partial charge in [-0.3, -0.25) is 0 Å². The van der Waals surface area contributed by atoms with Gasteiger partial charge >= 0.3 is 5.63 Å². The van der Waals surface area contributed by atoms with E-state index in [2.05, 4.69) is 39.8 Å². The highest BCUT2D eigenvalue weighted by Crippen LogP contribution is 2.36. The number of hydrogen-bond donors (Lipinski definition) is 0. The van der Waals surface area contributed by atoms with Gasteiger partial charge in [-0.15, -0.1) is 0 Å². The molecule has 0 fully saturated rings. The van der Waals surface area contributed by atoms with Crippen LogP contribution in [0.4, 0.5) is 5.69 Å². The van der Waals surface area contributed by atoms with Gasteiger partial charge in [-0.1, -0.05) is 48.5 Å². The van der Waals surface area contributed by atoms with Gasteiger partial charge in [0, 0.05) is 23.7 Å². The number of anilines is 1. The quantitative estimate of drug-likeness (QED) is 0.406. The first-order valence-electron chi connectivity index (χ1n) is 10.1. The molecule has 0 aliphatic carbocycles. The molecule has 0 N–H and O–H groups in total. The number of fused-ring (bicyclic) bond motifs is 4. The average Bonchev–Trinajstić information content (AvgIpc) is 3.17. The van der Waals surface area contributed by atoms with E-state index in [1.807, 2.05) is 48.5 Å². The first-order chi connectivity index (χ1) is 14.8. The van der Waals surface area contributed by atoms with Gasteiger partial charge in [0.25, 0.3) is 0 Å². The maximum absolute atomic E-state index is 12.4. The molecule has 1 atom stereocenters. The average molecular weight is 393 g/mol. The van der Waals surface area contributed by atoms with Crippen LogP contribution in [0.5, 0.6) is 0 Å². The Bertz CT molecular complexity index is 1440. The molecule has 1 unspecified atom stereocenters. The largest absolute Gasteiger partial charge is 0.423 e. The van der Waals surface area contributed by atoms with Gasteiger partial charge in [0.2, 0.25) is 0 Å². The molecule has 5 aromatic rings. The Morgan fingerprint density at radius 2 is 1.67 bits per heavy atom. The van der Waals surface area contributed by atoms with Crippen LogP contribution in [0.25, 0.3) is 22.0 Å². The lowest BCUT2D eigenvalue weighted by molar-refractivity contribution is 0.517. The van der Waals surface area contributed by atoms with Crippen molar-refractivity contribution >= 4 is 27.7 Å². The molecule has 0 spiro atoms. The van der Waals surface area contributed by atoms with Crippen molar-refractivity contribution in [1.29, 1.82) is 0 Å². The predicted octanol–water partition coefficient (Wildman–Crippen LogP) is 4.75. The summed E-state index contributed by atoms with van der Waals surface area (Å²) in [5, 5.41) is 0.954. The van der Waals surface area contributed by atoms with Crippen molar-refractivity contribution < 1.29 is 4.42 Å². The van der Waals surface area contributed by atoms with Crippen LogP contribution in [-0.4, -0.2) is 16.1 Å². The SMILES string of the molecule is O=c1cc(C2CN(c3ccccc3)Cn3c2nc2ccccc23)c2ccccc2o1. The van der Waals surface area contributed by atoms with Crippen molar-refractivity contribution in [3.63, 3.8) is 0 Å². The normalized spacial score (nSPS) is 16.1. The number of aromatic nitrogens is 2. The lowest BCUT2D eigenvalue weighted by Gasteiger charge is -2.35. The Balaban J connectivity index is 1.61. The first kappa shape index (κ1) is 17.0. The molecule has 0 saturated carbocycles. The summed E-state index contributed by atoms with van der Waals surface area (Å²) in [6.07, 6.45) is 0. The lowest BCUT2D eigenvalue weighted by atomic mass is 9.93. The molecule has 146 valence electrons. The highest BCUT2D eigenvalue weighted by atomic mass is 16.4. The Kier molecular flexibility index (Phi) is 3.74. The van der Waals surface area contributed by atoms with Crippen molar-refractivity contribution in [3.8, 4) is 0 Å². The zero-order valence-electron chi connectivity index (χ0n) is 16.2. The van der Waals surface area contributed by atoms with Crippen LogP contribution >= 0.6 is 0 Å². The molecule has 1 aliphatic heterocycles. The van der Waals surface area contributed by atoms with Crippen molar-refractivity contribution in [2.45, 2.75) is 12.6 Å². The Morgan fingerprint density at radius 3 is 2.57 bits per heavy atom. The maximum atomic E-state index is 12.4. The molecular formula is C25H19N3O2. The number of para-hydroxylation sites is 4. The van der Waals surface area contributed by atoms with E-state index in [1.165, 1.54) is 0 Å². The summed E-state index contributed by atoms with van der Waals surface area (Å²) in [5.41, 5.74) is 4.46. The second-order valence-corrected chi connectivity index (χ2v) is 7.66. The van der Waals surface area contributed by atoms with Crippen molar-refractivity contribution in [1.82, 2.24) is 9.55 Å².